The molecular formula is C18H24N2O3. The van der Waals surface area contributed by atoms with Crippen molar-refractivity contribution in [2.45, 2.75) is 38.8 Å². The number of aryl methyl sites for hydroxylation is 1. The molecule has 0 spiro atoms. The second-order valence-electron chi connectivity index (χ2n) is 5.86. The standard InChI is InChI=1S/C18H24N2O3/c1-4-14-11-17(23-19-14)15-8-6-10-20(15)12-13-7-5-9-16(21-2)18(13)22-3/h5,7,9,11,15H,4,6,8,10,12H2,1-3H3. The van der Waals surface area contributed by atoms with Gasteiger partial charge in [0.15, 0.2) is 17.3 Å². The molecule has 0 aliphatic carbocycles. The van der Waals surface area contributed by atoms with E-state index in [1.165, 1.54) is 6.42 Å². The number of nitrogens with zero attached hydrogens (tertiary/aromatic N) is 2. The molecule has 5 nitrogen and oxygen atoms in total. The molecule has 23 heavy (non-hydrogen) atoms. The number of aromatic nitrogens is 1. The van der Waals surface area contributed by atoms with Crippen molar-refractivity contribution < 1.29 is 14.0 Å². The lowest BCUT2D eigenvalue weighted by atomic mass is 10.1. The van der Waals surface area contributed by atoms with Gasteiger partial charge in [0.1, 0.15) is 0 Å². The molecule has 0 bridgehead atoms. The van der Waals surface area contributed by atoms with Gasteiger partial charge in [0.2, 0.25) is 0 Å². The van der Waals surface area contributed by atoms with Crippen molar-refractivity contribution in [1.82, 2.24) is 10.1 Å². The average molecular weight is 316 g/mol. The lowest BCUT2D eigenvalue weighted by molar-refractivity contribution is 0.203. The van der Waals surface area contributed by atoms with E-state index in [2.05, 4.69) is 29.1 Å². The zero-order valence-electron chi connectivity index (χ0n) is 14.0. The SMILES string of the molecule is CCc1cc(C2CCCN2Cc2cccc(OC)c2OC)on1. The first-order valence-corrected chi connectivity index (χ1v) is 8.16. The average Bonchev–Trinajstić information content (AvgIpc) is 3.23. The number of rotatable bonds is 6. The van der Waals surface area contributed by atoms with Crippen LogP contribution in [0.1, 0.15) is 42.8 Å². The molecule has 1 aromatic carbocycles. The Bertz CT molecular complexity index is 653. The molecule has 3 rings (SSSR count). The Morgan fingerprint density at radius 2 is 2.17 bits per heavy atom. The minimum atomic E-state index is 0.290. The van der Waals surface area contributed by atoms with Gasteiger partial charge < -0.3 is 14.0 Å². The van der Waals surface area contributed by atoms with Gasteiger partial charge in [-0.25, -0.2) is 0 Å². The molecule has 5 heteroatoms. The highest BCUT2D eigenvalue weighted by Crippen LogP contribution is 2.37. The molecule has 1 unspecified atom stereocenters. The molecule has 0 saturated carbocycles. The fraction of sp³-hybridized carbons (Fsp3) is 0.500. The first-order chi connectivity index (χ1) is 11.3. The monoisotopic (exact) mass is 316 g/mol. The van der Waals surface area contributed by atoms with Crippen LogP contribution in [0, 0.1) is 0 Å². The van der Waals surface area contributed by atoms with Crippen LogP contribution >= 0.6 is 0 Å². The Balaban J connectivity index is 1.81. The summed E-state index contributed by atoms with van der Waals surface area (Å²) in [5.41, 5.74) is 2.15. The van der Waals surface area contributed by atoms with Crippen LogP contribution in [-0.2, 0) is 13.0 Å². The van der Waals surface area contributed by atoms with Crippen molar-refractivity contribution in [3.63, 3.8) is 0 Å². The Hall–Kier alpha value is -2.01. The maximum absolute atomic E-state index is 5.56. The van der Waals surface area contributed by atoms with E-state index in [1.54, 1.807) is 14.2 Å². The van der Waals surface area contributed by atoms with Crippen LogP contribution in [0.15, 0.2) is 28.8 Å². The molecular weight excluding hydrogens is 292 g/mol. The molecule has 2 aromatic rings. The third-order valence-electron chi connectivity index (χ3n) is 4.49. The van der Waals surface area contributed by atoms with Crippen LogP contribution in [0.25, 0.3) is 0 Å². The summed E-state index contributed by atoms with van der Waals surface area (Å²) in [6.07, 6.45) is 3.17. The summed E-state index contributed by atoms with van der Waals surface area (Å²) >= 11 is 0. The van der Waals surface area contributed by atoms with E-state index in [-0.39, 0.29) is 0 Å². The second kappa shape index (κ2) is 7.04. The summed E-state index contributed by atoms with van der Waals surface area (Å²) in [6, 6.07) is 8.40. The summed E-state index contributed by atoms with van der Waals surface area (Å²) < 4.78 is 16.5. The Kier molecular flexibility index (Phi) is 4.86. The van der Waals surface area contributed by atoms with Gasteiger partial charge in [-0.05, 0) is 31.9 Å². The summed E-state index contributed by atoms with van der Waals surface area (Å²) in [7, 11) is 3.36. The fourth-order valence-electron chi connectivity index (χ4n) is 3.29. The molecule has 1 aliphatic heterocycles. The first-order valence-electron chi connectivity index (χ1n) is 8.16. The largest absolute Gasteiger partial charge is 0.493 e. The topological polar surface area (TPSA) is 47.7 Å². The lowest BCUT2D eigenvalue weighted by Crippen LogP contribution is -2.22. The van der Waals surface area contributed by atoms with Crippen molar-refractivity contribution in [3.05, 3.63) is 41.3 Å². The third kappa shape index (κ3) is 3.20. The van der Waals surface area contributed by atoms with Gasteiger partial charge in [-0.15, -0.1) is 0 Å². The summed E-state index contributed by atoms with van der Waals surface area (Å²) in [5, 5.41) is 4.14. The van der Waals surface area contributed by atoms with Gasteiger partial charge in [0.05, 0.1) is 26.0 Å². The van der Waals surface area contributed by atoms with Crippen molar-refractivity contribution in [2.24, 2.45) is 0 Å². The van der Waals surface area contributed by atoms with E-state index in [4.69, 9.17) is 14.0 Å². The molecule has 0 amide bonds. The van der Waals surface area contributed by atoms with Gasteiger partial charge in [-0.1, -0.05) is 24.2 Å². The molecule has 1 aliphatic rings. The smallest absolute Gasteiger partial charge is 0.165 e. The van der Waals surface area contributed by atoms with Gasteiger partial charge in [0.25, 0.3) is 0 Å². The Morgan fingerprint density at radius 3 is 2.87 bits per heavy atom. The number of benzene rings is 1. The fourth-order valence-corrected chi connectivity index (χ4v) is 3.29. The summed E-state index contributed by atoms with van der Waals surface area (Å²) in [4.78, 5) is 2.43. The zero-order valence-corrected chi connectivity index (χ0v) is 14.0. The molecule has 1 aromatic heterocycles. The number of hydrogen-bond acceptors (Lipinski definition) is 5. The van der Waals surface area contributed by atoms with Gasteiger partial charge >= 0.3 is 0 Å². The van der Waals surface area contributed by atoms with Crippen molar-refractivity contribution >= 4 is 0 Å². The molecule has 1 saturated heterocycles. The maximum atomic E-state index is 5.56. The van der Waals surface area contributed by atoms with Crippen LogP contribution in [-0.4, -0.2) is 30.8 Å². The number of hydrogen-bond donors (Lipinski definition) is 0. The predicted molar refractivity (Wildman–Crippen MR) is 87.8 cm³/mol. The Labute approximate surface area is 137 Å². The highest BCUT2D eigenvalue weighted by atomic mass is 16.5. The van der Waals surface area contributed by atoms with E-state index >= 15 is 0 Å². The van der Waals surface area contributed by atoms with Crippen molar-refractivity contribution in [3.8, 4) is 11.5 Å². The predicted octanol–water partition coefficient (Wildman–Crippen LogP) is 3.59. The molecule has 0 N–H and O–H groups in total. The third-order valence-corrected chi connectivity index (χ3v) is 4.49. The minimum Gasteiger partial charge on any atom is -0.493 e. The molecule has 1 atom stereocenters. The quantitative estimate of drug-likeness (QED) is 0.815. The highest BCUT2D eigenvalue weighted by molar-refractivity contribution is 5.46. The van der Waals surface area contributed by atoms with E-state index < -0.39 is 0 Å². The van der Waals surface area contributed by atoms with Crippen LogP contribution < -0.4 is 9.47 Å². The van der Waals surface area contributed by atoms with Crippen LogP contribution in [0.5, 0.6) is 11.5 Å². The van der Waals surface area contributed by atoms with Crippen molar-refractivity contribution in [1.29, 1.82) is 0 Å². The van der Waals surface area contributed by atoms with Gasteiger partial charge in [-0.3, -0.25) is 4.90 Å². The molecule has 124 valence electrons. The molecule has 1 fully saturated rings. The van der Waals surface area contributed by atoms with E-state index in [1.807, 2.05) is 12.1 Å². The zero-order chi connectivity index (χ0) is 16.2. The maximum Gasteiger partial charge on any atom is 0.165 e. The second-order valence-corrected chi connectivity index (χ2v) is 5.86. The number of para-hydroxylation sites is 1. The van der Waals surface area contributed by atoms with E-state index in [0.29, 0.717) is 6.04 Å². The summed E-state index contributed by atoms with van der Waals surface area (Å²) in [5.74, 6) is 2.56. The first kappa shape index (κ1) is 15.9. The normalized spacial score (nSPS) is 18.3. The van der Waals surface area contributed by atoms with Crippen LogP contribution in [0.4, 0.5) is 0 Å². The highest BCUT2D eigenvalue weighted by Gasteiger charge is 2.30. The number of methoxy groups -OCH3 is 2. The van der Waals surface area contributed by atoms with Gasteiger partial charge in [-0.2, -0.15) is 0 Å². The van der Waals surface area contributed by atoms with Gasteiger partial charge in [0, 0.05) is 18.2 Å². The minimum absolute atomic E-state index is 0.290. The van der Waals surface area contributed by atoms with E-state index in [9.17, 15) is 0 Å². The number of likely N-dealkylation sites (tertiary alicyclic amines) is 1. The summed E-state index contributed by atoms with van der Waals surface area (Å²) in [6.45, 7) is 3.95. The van der Waals surface area contributed by atoms with Crippen LogP contribution in [0.2, 0.25) is 0 Å². The van der Waals surface area contributed by atoms with Crippen LogP contribution in [0.3, 0.4) is 0 Å². The lowest BCUT2D eigenvalue weighted by Gasteiger charge is -2.23. The van der Waals surface area contributed by atoms with Crippen molar-refractivity contribution in [2.75, 3.05) is 20.8 Å². The molecule has 2 heterocycles. The number of ether oxygens (including phenoxy) is 2. The Morgan fingerprint density at radius 1 is 1.30 bits per heavy atom. The molecule has 0 radical (unpaired) electrons. The van der Waals surface area contributed by atoms with E-state index in [0.717, 1.165) is 54.4 Å².